The van der Waals surface area contributed by atoms with Crippen molar-refractivity contribution in [3.63, 3.8) is 0 Å². The van der Waals surface area contributed by atoms with Crippen LogP contribution in [-0.2, 0) is 14.3 Å². The molecule has 2 heterocycles. The summed E-state index contributed by atoms with van der Waals surface area (Å²) in [5.41, 5.74) is 0.663. The second kappa shape index (κ2) is 10.4. The maximum atomic E-state index is 12.8. The number of aromatic nitrogens is 1. The average molecular weight is 540 g/mol. The summed E-state index contributed by atoms with van der Waals surface area (Å²) >= 11 is 3.29. The molecule has 11 heteroatoms. The van der Waals surface area contributed by atoms with Crippen molar-refractivity contribution < 1.29 is 26.9 Å². The molecule has 1 saturated heterocycles. The van der Waals surface area contributed by atoms with Crippen molar-refractivity contribution in [3.05, 3.63) is 46.7 Å². The molecule has 1 aromatic heterocycles. The molecule has 0 radical (unpaired) electrons. The summed E-state index contributed by atoms with van der Waals surface area (Å²) in [4.78, 5) is 19.3. The lowest BCUT2D eigenvalue weighted by molar-refractivity contribution is 0.0172. The van der Waals surface area contributed by atoms with E-state index >= 15 is 0 Å². The van der Waals surface area contributed by atoms with Crippen LogP contribution in [0.25, 0.3) is 0 Å². The van der Waals surface area contributed by atoms with Crippen LogP contribution in [0.15, 0.2) is 41.0 Å². The molecule has 0 atom stereocenters. The number of halogens is 1. The number of hydrogen-bond acceptors (Lipinski definition) is 8. The van der Waals surface area contributed by atoms with Gasteiger partial charge >= 0.3 is 0 Å². The Bertz CT molecular complexity index is 1090. The molecule has 2 aliphatic rings. The summed E-state index contributed by atoms with van der Waals surface area (Å²) in [6.07, 6.45) is 5.37. The van der Waals surface area contributed by atoms with Crippen LogP contribution in [0.5, 0.6) is 11.5 Å². The molecular formula is C22H26BrN3O6S. The number of ether oxygens (including phenoxy) is 2. The topological polar surface area (TPSA) is 107 Å². The Labute approximate surface area is 201 Å². The highest BCUT2D eigenvalue weighted by molar-refractivity contribution is 9.10. The second-order valence-corrected chi connectivity index (χ2v) is 10.8. The van der Waals surface area contributed by atoms with E-state index in [0.29, 0.717) is 10.2 Å². The SMILES string of the molecule is CS(=O)(=O)OCCOc1cc(Br)cnc1C(=O)Nc1ccc(OC2CN(CC3CC3)C2)cc1. The van der Waals surface area contributed by atoms with Crippen molar-refractivity contribution in [1.82, 2.24) is 9.88 Å². The van der Waals surface area contributed by atoms with Crippen molar-refractivity contribution >= 4 is 37.6 Å². The van der Waals surface area contributed by atoms with Gasteiger partial charge in [0.1, 0.15) is 25.1 Å². The van der Waals surface area contributed by atoms with Gasteiger partial charge in [0.15, 0.2) is 11.4 Å². The number of nitrogens with zero attached hydrogens (tertiary/aromatic N) is 2. The predicted molar refractivity (Wildman–Crippen MR) is 126 cm³/mol. The van der Waals surface area contributed by atoms with Gasteiger partial charge < -0.3 is 14.8 Å². The number of hydrogen-bond donors (Lipinski definition) is 1. The number of amides is 1. The maximum absolute atomic E-state index is 12.8. The normalized spacial score (nSPS) is 16.8. The van der Waals surface area contributed by atoms with E-state index in [4.69, 9.17) is 9.47 Å². The molecule has 178 valence electrons. The number of carbonyl (C=O) groups is 1. The number of carbonyl (C=O) groups excluding carboxylic acids is 1. The molecule has 1 aliphatic carbocycles. The Balaban J connectivity index is 1.29. The lowest BCUT2D eigenvalue weighted by atomic mass is 10.1. The molecule has 0 unspecified atom stereocenters. The Kier molecular flexibility index (Phi) is 7.52. The molecule has 1 aliphatic heterocycles. The lowest BCUT2D eigenvalue weighted by Crippen LogP contribution is -2.54. The quantitative estimate of drug-likeness (QED) is 0.343. The van der Waals surface area contributed by atoms with Gasteiger partial charge in [0.2, 0.25) is 0 Å². The largest absolute Gasteiger partial charge is 0.489 e. The molecule has 1 saturated carbocycles. The van der Waals surface area contributed by atoms with Gasteiger partial charge in [-0.3, -0.25) is 13.9 Å². The zero-order valence-electron chi connectivity index (χ0n) is 18.2. The molecule has 9 nitrogen and oxygen atoms in total. The number of rotatable bonds is 11. The highest BCUT2D eigenvalue weighted by atomic mass is 79.9. The average Bonchev–Trinajstić information content (AvgIpc) is 3.54. The number of pyridine rings is 1. The zero-order valence-corrected chi connectivity index (χ0v) is 20.6. The number of nitrogens with one attached hydrogen (secondary N) is 1. The third-order valence-corrected chi connectivity index (χ3v) is 6.25. The van der Waals surface area contributed by atoms with Gasteiger partial charge in [0.05, 0.1) is 6.26 Å². The first kappa shape index (κ1) is 23.9. The van der Waals surface area contributed by atoms with Crippen LogP contribution in [0.3, 0.4) is 0 Å². The van der Waals surface area contributed by atoms with Crippen LogP contribution >= 0.6 is 15.9 Å². The lowest BCUT2D eigenvalue weighted by Gasteiger charge is -2.39. The molecular weight excluding hydrogens is 514 g/mol. The van der Waals surface area contributed by atoms with Gasteiger partial charge in [-0.25, -0.2) is 4.98 Å². The molecule has 1 amide bonds. The second-order valence-electron chi connectivity index (χ2n) is 8.26. The van der Waals surface area contributed by atoms with E-state index in [2.05, 4.69) is 35.3 Å². The smallest absolute Gasteiger partial charge is 0.278 e. The molecule has 0 bridgehead atoms. The van der Waals surface area contributed by atoms with Gasteiger partial charge in [-0.2, -0.15) is 8.42 Å². The van der Waals surface area contributed by atoms with Crippen LogP contribution in [0.4, 0.5) is 5.69 Å². The van der Waals surface area contributed by atoms with E-state index in [1.807, 2.05) is 12.1 Å². The minimum absolute atomic E-state index is 0.0588. The number of benzene rings is 1. The zero-order chi connectivity index (χ0) is 23.4. The Morgan fingerprint density at radius 3 is 2.61 bits per heavy atom. The summed E-state index contributed by atoms with van der Waals surface area (Å²) < 4.78 is 38.9. The van der Waals surface area contributed by atoms with Crippen molar-refractivity contribution in [2.45, 2.75) is 18.9 Å². The minimum atomic E-state index is -3.57. The van der Waals surface area contributed by atoms with Gasteiger partial charge in [0, 0.05) is 36.0 Å². The van der Waals surface area contributed by atoms with Crippen LogP contribution in [-0.4, -0.2) is 69.4 Å². The summed E-state index contributed by atoms with van der Waals surface area (Å²) in [6.45, 7) is 2.87. The molecule has 1 aromatic carbocycles. The van der Waals surface area contributed by atoms with Gasteiger partial charge in [0.25, 0.3) is 16.0 Å². The monoisotopic (exact) mass is 539 g/mol. The van der Waals surface area contributed by atoms with E-state index < -0.39 is 16.0 Å². The highest BCUT2D eigenvalue weighted by Crippen LogP contribution is 2.31. The fourth-order valence-electron chi connectivity index (χ4n) is 3.45. The van der Waals surface area contributed by atoms with Gasteiger partial charge in [-0.15, -0.1) is 0 Å². The summed E-state index contributed by atoms with van der Waals surface area (Å²) in [5.74, 6) is 1.41. The standard InChI is InChI=1S/C22H26BrN3O6S/c1-33(28,29)31-9-8-30-20-10-16(23)11-24-21(20)22(27)25-17-4-6-18(7-5-17)32-19-13-26(14-19)12-15-2-3-15/h4-7,10-11,15,19H,2-3,8-9,12-14H2,1H3,(H,25,27). The van der Waals surface area contributed by atoms with Gasteiger partial charge in [-0.05, 0) is 65.0 Å². The first-order chi connectivity index (χ1) is 15.7. The molecule has 0 spiro atoms. The number of likely N-dealkylation sites (tertiary alicyclic amines) is 1. The molecule has 1 N–H and O–H groups in total. The van der Waals surface area contributed by atoms with E-state index in [0.717, 1.165) is 31.0 Å². The number of anilines is 1. The summed E-state index contributed by atoms with van der Waals surface area (Å²) in [5, 5.41) is 2.79. The first-order valence-electron chi connectivity index (χ1n) is 10.7. The highest BCUT2D eigenvalue weighted by Gasteiger charge is 2.33. The fraction of sp³-hybridized carbons (Fsp3) is 0.455. The van der Waals surface area contributed by atoms with Crippen LogP contribution in [0.2, 0.25) is 0 Å². The van der Waals surface area contributed by atoms with Crippen LogP contribution in [0, 0.1) is 5.92 Å². The van der Waals surface area contributed by atoms with Crippen LogP contribution in [0.1, 0.15) is 23.3 Å². The Morgan fingerprint density at radius 1 is 1.21 bits per heavy atom. The third-order valence-electron chi connectivity index (χ3n) is 5.22. The summed E-state index contributed by atoms with van der Waals surface area (Å²) in [7, 11) is -3.57. The summed E-state index contributed by atoms with van der Waals surface area (Å²) in [6, 6.07) is 8.78. The van der Waals surface area contributed by atoms with Gasteiger partial charge in [-0.1, -0.05) is 0 Å². The van der Waals surface area contributed by atoms with Crippen molar-refractivity contribution in [2.75, 3.05) is 44.4 Å². The van der Waals surface area contributed by atoms with E-state index in [1.165, 1.54) is 25.6 Å². The molecule has 4 rings (SSSR count). The molecule has 2 fully saturated rings. The van der Waals surface area contributed by atoms with Crippen molar-refractivity contribution in [1.29, 1.82) is 0 Å². The first-order valence-corrected chi connectivity index (χ1v) is 13.3. The predicted octanol–water partition coefficient (Wildman–Crippen LogP) is 2.92. The molecule has 2 aromatic rings. The van der Waals surface area contributed by atoms with E-state index in [9.17, 15) is 13.2 Å². The Hall–Kier alpha value is -2.21. The van der Waals surface area contributed by atoms with E-state index in [-0.39, 0.29) is 30.8 Å². The third kappa shape index (κ3) is 7.39. The Morgan fingerprint density at radius 2 is 1.94 bits per heavy atom. The minimum Gasteiger partial charge on any atom is -0.489 e. The maximum Gasteiger partial charge on any atom is 0.278 e. The van der Waals surface area contributed by atoms with Crippen molar-refractivity contribution in [2.24, 2.45) is 5.92 Å². The van der Waals surface area contributed by atoms with E-state index in [1.54, 1.807) is 18.2 Å². The molecule has 33 heavy (non-hydrogen) atoms. The fourth-order valence-corrected chi connectivity index (χ4v) is 4.13. The van der Waals surface area contributed by atoms with Crippen LogP contribution < -0.4 is 14.8 Å². The van der Waals surface area contributed by atoms with Crippen molar-refractivity contribution in [3.8, 4) is 11.5 Å².